The van der Waals surface area contributed by atoms with Crippen LogP contribution in [0.4, 0.5) is 8.78 Å². The van der Waals surface area contributed by atoms with Gasteiger partial charge in [0.05, 0.1) is 4.88 Å². The van der Waals surface area contributed by atoms with Crippen molar-refractivity contribution in [2.45, 2.75) is 6.42 Å². The van der Waals surface area contributed by atoms with Crippen molar-refractivity contribution in [3.8, 4) is 0 Å². The summed E-state index contributed by atoms with van der Waals surface area (Å²) in [6.45, 7) is 0. The zero-order valence-electron chi connectivity index (χ0n) is 8.84. The third-order valence-electron chi connectivity index (χ3n) is 2.27. The number of hydrogen-bond donors (Lipinski definition) is 0. The van der Waals surface area contributed by atoms with E-state index < -0.39 is 11.6 Å². The average molecular weight is 352 g/mol. The van der Waals surface area contributed by atoms with Crippen molar-refractivity contribution in [1.29, 1.82) is 0 Å². The molecule has 0 N–H and O–H groups in total. The van der Waals surface area contributed by atoms with Crippen LogP contribution in [0, 0.1) is 11.6 Å². The minimum Gasteiger partial charge on any atom is -0.293 e. The van der Waals surface area contributed by atoms with Crippen LogP contribution in [0.15, 0.2) is 28.7 Å². The Bertz CT molecular complexity index is 593. The fraction of sp³-hybridized carbons (Fsp3) is 0.0833. The molecule has 0 saturated heterocycles. The molecule has 1 heterocycles. The van der Waals surface area contributed by atoms with Crippen LogP contribution in [-0.4, -0.2) is 5.78 Å². The maximum atomic E-state index is 13.0. The third-order valence-corrected chi connectivity index (χ3v) is 4.78. The molecule has 1 aromatic carbocycles. The lowest BCUT2D eigenvalue weighted by Crippen LogP contribution is -2.02. The molecular weight excluding hydrogens is 346 g/mol. The van der Waals surface area contributed by atoms with Gasteiger partial charge in [-0.2, -0.15) is 0 Å². The zero-order valence-corrected chi connectivity index (χ0v) is 12.0. The van der Waals surface area contributed by atoms with Crippen LogP contribution in [0.1, 0.15) is 15.2 Å². The van der Waals surface area contributed by atoms with Crippen LogP contribution in [0.25, 0.3) is 0 Å². The number of rotatable bonds is 3. The highest BCUT2D eigenvalue weighted by Gasteiger charge is 2.13. The number of halogens is 4. The first-order valence-corrected chi connectivity index (χ1v) is 6.88. The van der Waals surface area contributed by atoms with Gasteiger partial charge >= 0.3 is 0 Å². The Morgan fingerprint density at radius 3 is 2.56 bits per heavy atom. The summed E-state index contributed by atoms with van der Waals surface area (Å²) in [5, 5.41) is 0. The van der Waals surface area contributed by atoms with Crippen molar-refractivity contribution < 1.29 is 13.6 Å². The largest absolute Gasteiger partial charge is 0.293 e. The van der Waals surface area contributed by atoms with Crippen LogP contribution in [0.5, 0.6) is 0 Å². The lowest BCUT2D eigenvalue weighted by molar-refractivity contribution is 0.0996. The molecule has 2 rings (SSSR count). The first kappa shape index (κ1) is 13.6. The third kappa shape index (κ3) is 2.96. The second-order valence-electron chi connectivity index (χ2n) is 3.58. The number of carbonyl (C=O) groups is 1. The number of benzene rings is 1. The van der Waals surface area contributed by atoms with Gasteiger partial charge in [-0.25, -0.2) is 8.78 Å². The summed E-state index contributed by atoms with van der Waals surface area (Å²) < 4.78 is 26.9. The molecule has 18 heavy (non-hydrogen) atoms. The molecule has 0 fully saturated rings. The van der Waals surface area contributed by atoms with E-state index in [4.69, 9.17) is 11.6 Å². The predicted molar refractivity (Wildman–Crippen MR) is 71.4 cm³/mol. The van der Waals surface area contributed by atoms with E-state index in [1.54, 1.807) is 6.07 Å². The molecule has 94 valence electrons. The lowest BCUT2D eigenvalue weighted by atomic mass is 10.1. The van der Waals surface area contributed by atoms with Gasteiger partial charge in [0.2, 0.25) is 0 Å². The van der Waals surface area contributed by atoms with Gasteiger partial charge in [-0.1, -0.05) is 17.7 Å². The van der Waals surface area contributed by atoms with Gasteiger partial charge in [-0.05, 0) is 39.7 Å². The monoisotopic (exact) mass is 350 g/mol. The smallest absolute Gasteiger partial charge is 0.177 e. The highest BCUT2D eigenvalue weighted by Crippen LogP contribution is 2.32. The molecule has 0 atom stereocenters. The zero-order chi connectivity index (χ0) is 13.3. The Morgan fingerprint density at radius 1 is 1.28 bits per heavy atom. The van der Waals surface area contributed by atoms with Gasteiger partial charge in [0.1, 0.15) is 4.34 Å². The van der Waals surface area contributed by atoms with E-state index in [0.29, 0.717) is 19.2 Å². The summed E-state index contributed by atoms with van der Waals surface area (Å²) in [6, 6.07) is 5.04. The van der Waals surface area contributed by atoms with E-state index in [1.165, 1.54) is 6.07 Å². The van der Waals surface area contributed by atoms with Crippen molar-refractivity contribution in [1.82, 2.24) is 0 Å². The minimum absolute atomic E-state index is 0.0144. The summed E-state index contributed by atoms with van der Waals surface area (Å²) >= 11 is 10.2. The van der Waals surface area contributed by atoms with Crippen LogP contribution < -0.4 is 0 Å². The summed E-state index contributed by atoms with van der Waals surface area (Å²) in [7, 11) is 0. The number of Topliss-reactive ketones (excluding diaryl/α,β-unsaturated/α-hetero) is 1. The van der Waals surface area contributed by atoms with Crippen molar-refractivity contribution in [3.05, 3.63) is 55.1 Å². The van der Waals surface area contributed by atoms with E-state index in [9.17, 15) is 13.6 Å². The molecule has 0 amide bonds. The first-order chi connectivity index (χ1) is 8.47. The van der Waals surface area contributed by atoms with Gasteiger partial charge in [0, 0.05) is 10.9 Å². The van der Waals surface area contributed by atoms with E-state index in [-0.39, 0.29) is 12.2 Å². The van der Waals surface area contributed by atoms with Crippen molar-refractivity contribution in [3.63, 3.8) is 0 Å². The van der Waals surface area contributed by atoms with Crippen LogP contribution >= 0.6 is 38.9 Å². The Morgan fingerprint density at radius 2 is 2.00 bits per heavy atom. The Balaban J connectivity index is 2.18. The Kier molecular flexibility index (Phi) is 4.14. The molecule has 0 spiro atoms. The molecule has 1 nitrogen and oxygen atoms in total. The van der Waals surface area contributed by atoms with Crippen molar-refractivity contribution in [2.75, 3.05) is 0 Å². The van der Waals surface area contributed by atoms with Gasteiger partial charge < -0.3 is 0 Å². The van der Waals surface area contributed by atoms with E-state index in [1.807, 2.05) is 0 Å². The molecule has 0 saturated carbocycles. The number of thiophene rings is 1. The van der Waals surface area contributed by atoms with Gasteiger partial charge in [-0.3, -0.25) is 4.79 Å². The number of hydrogen-bond acceptors (Lipinski definition) is 2. The van der Waals surface area contributed by atoms with Crippen LogP contribution in [0.3, 0.4) is 0 Å². The fourth-order valence-corrected chi connectivity index (χ4v) is 3.05. The summed E-state index contributed by atoms with van der Waals surface area (Å²) in [6.07, 6.45) is 0.0144. The predicted octanol–water partition coefficient (Wildman–Crippen LogP) is 4.87. The molecule has 0 bridgehead atoms. The highest BCUT2D eigenvalue weighted by atomic mass is 79.9. The number of ketones is 1. The molecule has 0 aliphatic heterocycles. The summed E-state index contributed by atoms with van der Waals surface area (Å²) in [5.74, 6) is -2.06. The van der Waals surface area contributed by atoms with Gasteiger partial charge in [0.25, 0.3) is 0 Å². The molecule has 2 aromatic rings. The van der Waals surface area contributed by atoms with Gasteiger partial charge in [-0.15, -0.1) is 11.3 Å². The quantitative estimate of drug-likeness (QED) is 0.721. The molecule has 0 unspecified atom stereocenters. The Labute approximate surface area is 120 Å². The minimum atomic E-state index is -0.953. The lowest BCUT2D eigenvalue weighted by Gasteiger charge is -2.00. The van der Waals surface area contributed by atoms with Gasteiger partial charge in [0.15, 0.2) is 17.4 Å². The van der Waals surface area contributed by atoms with Crippen molar-refractivity contribution >= 4 is 44.7 Å². The topological polar surface area (TPSA) is 17.1 Å². The maximum Gasteiger partial charge on any atom is 0.177 e. The maximum absolute atomic E-state index is 13.0. The standard InChI is InChI=1S/C12H6BrClF2OS/c13-7-5-11(18-12(7)14)10(17)4-6-1-2-8(15)9(16)3-6/h1-3,5H,4H2. The second-order valence-corrected chi connectivity index (χ2v) is 6.09. The normalized spacial score (nSPS) is 10.7. The average Bonchev–Trinajstić information content (AvgIpc) is 2.65. The van der Waals surface area contributed by atoms with Crippen LogP contribution in [-0.2, 0) is 6.42 Å². The second kappa shape index (κ2) is 5.47. The molecule has 1 aromatic heterocycles. The fourth-order valence-electron chi connectivity index (χ4n) is 1.41. The number of carbonyl (C=O) groups excluding carboxylic acids is 1. The van der Waals surface area contributed by atoms with E-state index in [0.717, 1.165) is 23.5 Å². The van der Waals surface area contributed by atoms with E-state index in [2.05, 4.69) is 15.9 Å². The molecule has 6 heteroatoms. The highest BCUT2D eigenvalue weighted by molar-refractivity contribution is 9.10. The molecule has 0 aliphatic carbocycles. The Hall–Kier alpha value is -0.780. The van der Waals surface area contributed by atoms with Crippen molar-refractivity contribution in [2.24, 2.45) is 0 Å². The summed E-state index contributed by atoms with van der Waals surface area (Å²) in [4.78, 5) is 12.4. The first-order valence-electron chi connectivity index (χ1n) is 4.89. The SMILES string of the molecule is O=C(Cc1ccc(F)c(F)c1)c1cc(Br)c(Cl)s1. The molecule has 0 radical (unpaired) electrons. The van der Waals surface area contributed by atoms with Crippen LogP contribution in [0.2, 0.25) is 4.34 Å². The summed E-state index contributed by atoms with van der Waals surface area (Å²) in [5.41, 5.74) is 0.430. The van der Waals surface area contributed by atoms with E-state index >= 15 is 0 Å². The molecular formula is C12H6BrClF2OS. The molecule has 0 aliphatic rings.